The molecule has 7 heteroatoms. The van der Waals surface area contributed by atoms with Gasteiger partial charge in [0.25, 0.3) is 0 Å². The minimum absolute atomic E-state index is 0.191. The van der Waals surface area contributed by atoms with Crippen molar-refractivity contribution in [2.24, 2.45) is 5.73 Å². The van der Waals surface area contributed by atoms with Crippen molar-refractivity contribution in [2.75, 3.05) is 13.7 Å². The molecule has 0 saturated carbocycles. The van der Waals surface area contributed by atoms with E-state index in [0.717, 1.165) is 0 Å². The normalized spacial score (nSPS) is 13.9. The summed E-state index contributed by atoms with van der Waals surface area (Å²) in [6.07, 6.45) is 1.42. The van der Waals surface area contributed by atoms with Gasteiger partial charge in [0, 0.05) is 31.6 Å². The summed E-state index contributed by atoms with van der Waals surface area (Å²) in [7, 11) is -1.97. The Labute approximate surface area is 95.2 Å². The van der Waals surface area contributed by atoms with Gasteiger partial charge in [-0.25, -0.2) is 13.1 Å². The third kappa shape index (κ3) is 3.31. The molecule has 92 valence electrons. The number of rotatable bonds is 6. The van der Waals surface area contributed by atoms with E-state index in [9.17, 15) is 8.42 Å². The smallest absolute Gasteiger partial charge is 0.242 e. The molecule has 1 rings (SSSR count). The second kappa shape index (κ2) is 5.44. The monoisotopic (exact) mass is 247 g/mol. The van der Waals surface area contributed by atoms with Crippen LogP contribution < -0.4 is 10.5 Å². The minimum Gasteiger partial charge on any atom is -0.383 e. The second-order valence-corrected chi connectivity index (χ2v) is 5.26. The van der Waals surface area contributed by atoms with Crippen molar-refractivity contribution < 1.29 is 13.2 Å². The summed E-state index contributed by atoms with van der Waals surface area (Å²) in [5.74, 6) is 0. The lowest BCUT2D eigenvalue weighted by Gasteiger charge is -2.11. The van der Waals surface area contributed by atoms with Crippen LogP contribution in [0.3, 0.4) is 0 Å². The number of aromatic nitrogens is 1. The summed E-state index contributed by atoms with van der Waals surface area (Å²) < 4.78 is 31.0. The molecule has 0 aliphatic rings. The van der Waals surface area contributed by atoms with Crippen LogP contribution in [0.25, 0.3) is 0 Å². The van der Waals surface area contributed by atoms with E-state index in [1.54, 1.807) is 6.92 Å². The summed E-state index contributed by atoms with van der Waals surface area (Å²) in [6, 6.07) is 1.24. The zero-order valence-electron chi connectivity index (χ0n) is 9.36. The molecule has 16 heavy (non-hydrogen) atoms. The van der Waals surface area contributed by atoms with Gasteiger partial charge in [0.15, 0.2) is 0 Å². The summed E-state index contributed by atoms with van der Waals surface area (Å²) in [4.78, 5) is 2.98. The third-order valence-electron chi connectivity index (χ3n) is 2.02. The van der Waals surface area contributed by atoms with Crippen molar-refractivity contribution >= 4 is 10.0 Å². The summed E-state index contributed by atoms with van der Waals surface area (Å²) >= 11 is 0. The molecular weight excluding hydrogens is 230 g/mol. The van der Waals surface area contributed by atoms with Gasteiger partial charge < -0.3 is 15.5 Å². The third-order valence-corrected chi connectivity index (χ3v) is 3.59. The Hall–Kier alpha value is -0.890. The Morgan fingerprint density at radius 1 is 1.62 bits per heavy atom. The predicted octanol–water partition coefficient (Wildman–Crippen LogP) is -0.213. The maximum atomic E-state index is 11.8. The first-order chi connectivity index (χ1) is 7.49. The average molecular weight is 247 g/mol. The molecule has 4 N–H and O–H groups in total. The first kappa shape index (κ1) is 13.2. The van der Waals surface area contributed by atoms with E-state index in [4.69, 9.17) is 10.5 Å². The highest BCUT2D eigenvalue weighted by atomic mass is 32.2. The molecule has 6 nitrogen and oxygen atoms in total. The Balaban J connectivity index is 2.77. The maximum Gasteiger partial charge on any atom is 0.242 e. The quantitative estimate of drug-likeness (QED) is 0.647. The molecule has 1 unspecified atom stereocenters. The predicted molar refractivity (Wildman–Crippen MR) is 60.3 cm³/mol. The number of hydrogen-bond acceptors (Lipinski definition) is 4. The number of methoxy groups -OCH3 is 1. The van der Waals surface area contributed by atoms with Crippen LogP contribution in [0.2, 0.25) is 0 Å². The largest absolute Gasteiger partial charge is 0.383 e. The molecule has 0 amide bonds. The van der Waals surface area contributed by atoms with E-state index in [0.29, 0.717) is 12.3 Å². The van der Waals surface area contributed by atoms with Crippen molar-refractivity contribution in [1.29, 1.82) is 0 Å². The van der Waals surface area contributed by atoms with E-state index >= 15 is 0 Å². The standard InChI is InChI=1S/C9H17N3O3S/c1-7(6-15-2)12-16(13,14)9-3-8(4-10)11-5-9/h3,5,7,11-12H,4,6,10H2,1-2H3. The fourth-order valence-corrected chi connectivity index (χ4v) is 2.55. The lowest BCUT2D eigenvalue weighted by Crippen LogP contribution is -2.35. The zero-order valence-corrected chi connectivity index (χ0v) is 10.2. The molecule has 0 bridgehead atoms. The summed E-state index contributed by atoms with van der Waals surface area (Å²) in [5, 5.41) is 0. The average Bonchev–Trinajstić information content (AvgIpc) is 2.65. The topological polar surface area (TPSA) is 97.2 Å². The van der Waals surface area contributed by atoms with Gasteiger partial charge in [-0.3, -0.25) is 0 Å². The Morgan fingerprint density at radius 3 is 2.81 bits per heavy atom. The Morgan fingerprint density at radius 2 is 2.31 bits per heavy atom. The van der Waals surface area contributed by atoms with Crippen molar-refractivity contribution in [3.8, 4) is 0 Å². The molecule has 0 saturated heterocycles. The Kier molecular flexibility index (Phi) is 4.48. The molecule has 0 fully saturated rings. The van der Waals surface area contributed by atoms with Crippen LogP contribution in [-0.4, -0.2) is 33.2 Å². The van der Waals surface area contributed by atoms with Gasteiger partial charge in [-0.2, -0.15) is 0 Å². The number of sulfonamides is 1. The van der Waals surface area contributed by atoms with Crippen molar-refractivity contribution in [1.82, 2.24) is 9.71 Å². The van der Waals surface area contributed by atoms with E-state index in [2.05, 4.69) is 9.71 Å². The van der Waals surface area contributed by atoms with Crippen LogP contribution in [0.15, 0.2) is 17.2 Å². The van der Waals surface area contributed by atoms with Crippen LogP contribution in [0, 0.1) is 0 Å². The number of nitrogens with one attached hydrogen (secondary N) is 2. The van der Waals surface area contributed by atoms with Crippen molar-refractivity contribution in [3.63, 3.8) is 0 Å². The molecule has 0 aliphatic heterocycles. The van der Waals surface area contributed by atoms with Crippen LogP contribution in [0.5, 0.6) is 0 Å². The highest BCUT2D eigenvalue weighted by Crippen LogP contribution is 2.10. The summed E-state index contributed by atoms with van der Waals surface area (Å²) in [5.41, 5.74) is 6.07. The highest BCUT2D eigenvalue weighted by molar-refractivity contribution is 7.89. The highest BCUT2D eigenvalue weighted by Gasteiger charge is 2.18. The zero-order chi connectivity index (χ0) is 12.2. The lowest BCUT2D eigenvalue weighted by atomic mass is 10.4. The number of hydrogen-bond donors (Lipinski definition) is 3. The molecular formula is C9H17N3O3S. The van der Waals surface area contributed by atoms with E-state index in [1.165, 1.54) is 19.4 Å². The maximum absolute atomic E-state index is 11.8. The summed E-state index contributed by atoms with van der Waals surface area (Å²) in [6.45, 7) is 2.34. The second-order valence-electron chi connectivity index (χ2n) is 3.54. The van der Waals surface area contributed by atoms with E-state index in [-0.39, 0.29) is 17.5 Å². The number of aromatic amines is 1. The first-order valence-corrected chi connectivity index (χ1v) is 6.36. The molecule has 0 spiro atoms. The fraction of sp³-hybridized carbons (Fsp3) is 0.556. The van der Waals surface area contributed by atoms with Gasteiger partial charge >= 0.3 is 0 Å². The Bertz CT molecular complexity index is 427. The van der Waals surface area contributed by atoms with Crippen LogP contribution in [0.4, 0.5) is 0 Å². The number of nitrogens with two attached hydrogens (primary N) is 1. The molecule has 1 aromatic heterocycles. The lowest BCUT2D eigenvalue weighted by molar-refractivity contribution is 0.180. The minimum atomic E-state index is -3.49. The van der Waals surface area contributed by atoms with Gasteiger partial charge in [-0.05, 0) is 13.0 Å². The van der Waals surface area contributed by atoms with E-state index < -0.39 is 10.0 Å². The van der Waals surface area contributed by atoms with Crippen LogP contribution in [-0.2, 0) is 21.3 Å². The van der Waals surface area contributed by atoms with Gasteiger partial charge in [0.1, 0.15) is 0 Å². The number of ether oxygens (including phenoxy) is 1. The van der Waals surface area contributed by atoms with Gasteiger partial charge in [0.2, 0.25) is 10.0 Å². The number of H-pyrrole nitrogens is 1. The molecule has 0 aromatic carbocycles. The first-order valence-electron chi connectivity index (χ1n) is 4.88. The van der Waals surface area contributed by atoms with Crippen molar-refractivity contribution in [3.05, 3.63) is 18.0 Å². The van der Waals surface area contributed by atoms with Gasteiger partial charge in [-0.15, -0.1) is 0 Å². The van der Waals surface area contributed by atoms with Crippen LogP contribution >= 0.6 is 0 Å². The molecule has 0 aliphatic carbocycles. The fourth-order valence-electron chi connectivity index (χ4n) is 1.31. The molecule has 1 heterocycles. The molecule has 0 radical (unpaired) electrons. The SMILES string of the molecule is COCC(C)NS(=O)(=O)c1c[nH]c(CN)c1. The van der Waals surface area contributed by atoms with Crippen molar-refractivity contribution in [2.45, 2.75) is 24.4 Å². The van der Waals surface area contributed by atoms with Gasteiger partial charge in [0.05, 0.1) is 11.5 Å². The van der Waals surface area contributed by atoms with Gasteiger partial charge in [-0.1, -0.05) is 0 Å². The molecule has 1 aromatic rings. The van der Waals surface area contributed by atoms with E-state index in [1.807, 2.05) is 0 Å². The molecule has 1 atom stereocenters. The van der Waals surface area contributed by atoms with Crippen LogP contribution in [0.1, 0.15) is 12.6 Å².